The predicted octanol–water partition coefficient (Wildman–Crippen LogP) is 1.89. The number of carbonyl (C=O) groups is 2. The van der Waals surface area contributed by atoms with Crippen LogP contribution in [-0.4, -0.2) is 48.7 Å². The molecule has 1 aliphatic rings. The topological polar surface area (TPSA) is 58.6 Å². The van der Waals surface area contributed by atoms with Crippen LogP contribution in [0.5, 0.6) is 0 Å². The summed E-state index contributed by atoms with van der Waals surface area (Å²) in [6.07, 6.45) is -5.30. The molecule has 8 heteroatoms. The lowest BCUT2D eigenvalue weighted by Gasteiger charge is -2.33. The molecule has 1 atom stereocenters. The second-order valence-electron chi connectivity index (χ2n) is 5.27. The molecule has 0 radical (unpaired) electrons. The Hall–Kier alpha value is -2.35. The van der Waals surface area contributed by atoms with Gasteiger partial charge in [0.25, 0.3) is 5.91 Å². The van der Waals surface area contributed by atoms with Gasteiger partial charge in [-0.15, -0.1) is 0 Å². The van der Waals surface area contributed by atoms with E-state index in [1.54, 1.807) is 12.1 Å². The average Bonchev–Trinajstić information content (AvgIpc) is 2.59. The zero-order valence-corrected chi connectivity index (χ0v) is 12.8. The van der Waals surface area contributed by atoms with E-state index in [2.05, 4.69) is 16.6 Å². The molecule has 5 nitrogen and oxygen atoms in total. The number of carbonyl (C=O) groups excluding carboxylic acids is 2. The number of halogens is 3. The Kier molecular flexibility index (Phi) is 5.61. The lowest BCUT2D eigenvalue weighted by Crippen LogP contribution is -2.51. The van der Waals surface area contributed by atoms with Crippen LogP contribution in [0, 0.1) is 0 Å². The molecule has 0 aliphatic carbocycles. The maximum atomic E-state index is 12.7. The van der Waals surface area contributed by atoms with Gasteiger partial charge in [0.05, 0.1) is 13.2 Å². The molecule has 24 heavy (non-hydrogen) atoms. The molecule has 0 spiro atoms. The van der Waals surface area contributed by atoms with Crippen molar-refractivity contribution >= 4 is 11.8 Å². The van der Waals surface area contributed by atoms with Crippen LogP contribution in [0.4, 0.5) is 13.2 Å². The zero-order chi connectivity index (χ0) is 17.7. The van der Waals surface area contributed by atoms with E-state index in [0.717, 1.165) is 16.5 Å². The Labute approximate surface area is 137 Å². The van der Waals surface area contributed by atoms with Crippen LogP contribution in [0.25, 0.3) is 0 Å². The number of rotatable bonds is 4. The van der Waals surface area contributed by atoms with Crippen molar-refractivity contribution in [3.63, 3.8) is 0 Å². The van der Waals surface area contributed by atoms with Crippen LogP contribution in [0.3, 0.4) is 0 Å². The lowest BCUT2D eigenvalue weighted by atomic mass is 10.1. The molecular weight excluding hydrogens is 325 g/mol. The van der Waals surface area contributed by atoms with Gasteiger partial charge in [0.15, 0.2) is 6.10 Å². The van der Waals surface area contributed by atoms with E-state index < -0.39 is 24.7 Å². The van der Waals surface area contributed by atoms with Crippen LogP contribution in [0.1, 0.15) is 15.9 Å². The largest absolute Gasteiger partial charge is 0.416 e. The smallest absolute Gasteiger partial charge is 0.365 e. The number of morpholine rings is 1. The van der Waals surface area contributed by atoms with E-state index in [9.17, 15) is 22.8 Å². The summed E-state index contributed by atoms with van der Waals surface area (Å²) in [5, 5.41) is 2.59. The monoisotopic (exact) mass is 342 g/mol. The summed E-state index contributed by atoms with van der Waals surface area (Å²) in [5.41, 5.74) is 1.05. The number of hydrogen-bond donors (Lipinski definition) is 1. The van der Waals surface area contributed by atoms with Crippen LogP contribution < -0.4 is 5.32 Å². The molecule has 2 rings (SSSR count). The first-order chi connectivity index (χ1) is 11.3. The molecule has 1 aromatic rings. The average molecular weight is 342 g/mol. The predicted molar refractivity (Wildman–Crippen MR) is 80.2 cm³/mol. The van der Waals surface area contributed by atoms with Crippen molar-refractivity contribution in [2.24, 2.45) is 0 Å². The number of benzene rings is 1. The van der Waals surface area contributed by atoms with Gasteiger partial charge in [-0.3, -0.25) is 9.59 Å². The maximum Gasteiger partial charge on any atom is 0.416 e. The third-order valence-electron chi connectivity index (χ3n) is 3.57. The quantitative estimate of drug-likeness (QED) is 0.850. The summed E-state index contributed by atoms with van der Waals surface area (Å²) in [6.45, 7) is 3.05. The molecule has 1 unspecified atom stereocenters. The maximum absolute atomic E-state index is 12.7. The van der Waals surface area contributed by atoms with Crippen molar-refractivity contribution in [2.75, 3.05) is 19.7 Å². The summed E-state index contributed by atoms with van der Waals surface area (Å²) in [5.74, 6) is -0.795. The van der Waals surface area contributed by atoms with E-state index >= 15 is 0 Å². The minimum atomic E-state index is -4.49. The number of ether oxygens (including phenoxy) is 1. The highest BCUT2D eigenvalue weighted by molar-refractivity contribution is 5.94. The van der Waals surface area contributed by atoms with Gasteiger partial charge in [-0.2, -0.15) is 13.2 Å². The van der Waals surface area contributed by atoms with E-state index in [1.807, 2.05) is 0 Å². The van der Waals surface area contributed by atoms with Crippen molar-refractivity contribution in [3.8, 4) is 0 Å². The Morgan fingerprint density at radius 2 is 2.00 bits per heavy atom. The van der Waals surface area contributed by atoms with E-state index in [4.69, 9.17) is 0 Å². The second kappa shape index (κ2) is 7.48. The highest BCUT2D eigenvalue weighted by Gasteiger charge is 2.44. The fourth-order valence-electron chi connectivity index (χ4n) is 2.24. The molecule has 1 fully saturated rings. The summed E-state index contributed by atoms with van der Waals surface area (Å²) >= 11 is 0. The van der Waals surface area contributed by atoms with Crippen molar-refractivity contribution < 1.29 is 27.5 Å². The van der Waals surface area contributed by atoms with Gasteiger partial charge in [0, 0.05) is 18.7 Å². The van der Waals surface area contributed by atoms with Gasteiger partial charge < -0.3 is 15.0 Å². The van der Waals surface area contributed by atoms with Gasteiger partial charge in [0.2, 0.25) is 5.91 Å². The Morgan fingerprint density at radius 1 is 1.33 bits per heavy atom. The summed E-state index contributed by atoms with van der Waals surface area (Å²) in [7, 11) is 0. The Bertz CT molecular complexity index is 614. The number of amides is 2. The van der Waals surface area contributed by atoms with E-state index in [1.165, 1.54) is 12.1 Å². The number of nitrogens with zero attached hydrogens (tertiary/aromatic N) is 1. The molecule has 1 N–H and O–H groups in total. The number of nitrogens with one attached hydrogen (secondary N) is 1. The highest BCUT2D eigenvalue weighted by atomic mass is 19.4. The minimum Gasteiger partial charge on any atom is -0.365 e. The van der Waals surface area contributed by atoms with Crippen molar-refractivity contribution in [1.29, 1.82) is 0 Å². The Morgan fingerprint density at radius 3 is 2.58 bits per heavy atom. The molecule has 130 valence electrons. The third kappa shape index (κ3) is 4.58. The van der Waals surface area contributed by atoms with Crippen LogP contribution >= 0.6 is 0 Å². The van der Waals surface area contributed by atoms with Crippen molar-refractivity contribution in [1.82, 2.24) is 10.2 Å². The van der Waals surface area contributed by atoms with Gasteiger partial charge >= 0.3 is 6.18 Å². The zero-order valence-electron chi connectivity index (χ0n) is 12.8. The Balaban J connectivity index is 1.99. The second-order valence-corrected chi connectivity index (χ2v) is 5.27. The molecule has 0 bridgehead atoms. The van der Waals surface area contributed by atoms with Gasteiger partial charge in [-0.25, -0.2) is 0 Å². The molecule has 1 aromatic carbocycles. The van der Waals surface area contributed by atoms with Crippen molar-refractivity contribution in [3.05, 3.63) is 48.0 Å². The number of hydrogen-bond acceptors (Lipinski definition) is 3. The highest BCUT2D eigenvalue weighted by Crippen LogP contribution is 2.26. The lowest BCUT2D eigenvalue weighted by molar-refractivity contribution is -0.233. The summed E-state index contributed by atoms with van der Waals surface area (Å²) < 4.78 is 42.8. The van der Waals surface area contributed by atoms with Gasteiger partial charge in [0.1, 0.15) is 0 Å². The van der Waals surface area contributed by atoms with Crippen LogP contribution in [-0.2, 0) is 16.1 Å². The standard InChI is InChI=1S/C16H17F3N2O3/c1-2-14(22)20-9-11-3-5-12(6-4-11)15(23)21-7-8-24-13(10-21)16(17,18)19/h2-6,13H,1,7-10H2,(H,20,22). The molecule has 2 amide bonds. The van der Waals surface area contributed by atoms with Crippen LogP contribution in [0.15, 0.2) is 36.9 Å². The fourth-order valence-corrected chi connectivity index (χ4v) is 2.24. The molecular formula is C16H17F3N2O3. The molecule has 1 heterocycles. The minimum absolute atomic E-state index is 0.114. The van der Waals surface area contributed by atoms with Crippen LogP contribution in [0.2, 0.25) is 0 Å². The first-order valence-electron chi connectivity index (χ1n) is 7.28. The van der Waals surface area contributed by atoms with Crippen molar-refractivity contribution in [2.45, 2.75) is 18.8 Å². The summed E-state index contributed by atoms with van der Waals surface area (Å²) in [4.78, 5) is 24.5. The van der Waals surface area contributed by atoms with E-state index in [-0.39, 0.29) is 31.2 Å². The van der Waals surface area contributed by atoms with Gasteiger partial charge in [-0.1, -0.05) is 18.7 Å². The van der Waals surface area contributed by atoms with Gasteiger partial charge in [-0.05, 0) is 23.8 Å². The molecule has 0 saturated carbocycles. The molecule has 1 saturated heterocycles. The normalized spacial score (nSPS) is 18.1. The first kappa shape index (κ1) is 18.0. The van der Waals surface area contributed by atoms with E-state index in [0.29, 0.717) is 0 Å². The summed E-state index contributed by atoms with van der Waals surface area (Å²) in [6, 6.07) is 6.32. The first-order valence-corrected chi connectivity index (χ1v) is 7.28. The number of alkyl halides is 3. The SMILES string of the molecule is C=CC(=O)NCc1ccc(C(=O)N2CCOC(C(F)(F)F)C2)cc1. The third-order valence-corrected chi connectivity index (χ3v) is 3.57. The molecule has 0 aromatic heterocycles. The molecule has 1 aliphatic heterocycles. The fraction of sp³-hybridized carbons (Fsp3) is 0.375.